The molecule has 1 N–H and O–H groups in total. The molecule has 0 unspecified atom stereocenters. The number of carbonyl (C=O) groups is 1. The van der Waals surface area contributed by atoms with Crippen LogP contribution in [0.5, 0.6) is 5.75 Å². The Balaban J connectivity index is 2.42. The molecule has 0 aliphatic rings. The zero-order chi connectivity index (χ0) is 13.9. The molecule has 3 heteroatoms. The van der Waals surface area contributed by atoms with Gasteiger partial charge in [-0.05, 0) is 31.1 Å². The van der Waals surface area contributed by atoms with Gasteiger partial charge >= 0.3 is 5.97 Å². The van der Waals surface area contributed by atoms with Gasteiger partial charge in [-0.1, -0.05) is 50.8 Å². The van der Waals surface area contributed by atoms with E-state index in [1.165, 1.54) is 19.3 Å². The van der Waals surface area contributed by atoms with Crippen LogP contribution >= 0.6 is 0 Å². The van der Waals surface area contributed by atoms with Crippen LogP contribution in [-0.4, -0.2) is 11.1 Å². The van der Waals surface area contributed by atoms with E-state index in [-0.39, 0.29) is 5.76 Å². The Morgan fingerprint density at radius 1 is 1.16 bits per heavy atom. The number of ether oxygens (including phenoxy) is 1. The molecule has 3 nitrogen and oxygen atoms in total. The molecule has 0 aliphatic heterocycles. The molecule has 0 atom stereocenters. The normalized spacial score (nSPS) is 11.3. The average Bonchev–Trinajstić information content (AvgIpc) is 2.42. The van der Waals surface area contributed by atoms with E-state index in [1.54, 1.807) is 18.2 Å². The summed E-state index contributed by atoms with van der Waals surface area (Å²) in [5.74, 6) is -0.443. The Labute approximate surface area is 114 Å². The van der Waals surface area contributed by atoms with Crippen LogP contribution < -0.4 is 4.74 Å². The maximum Gasteiger partial charge on any atom is 0.371 e. The van der Waals surface area contributed by atoms with Crippen LogP contribution in [0.1, 0.15) is 45.4 Å². The zero-order valence-corrected chi connectivity index (χ0v) is 11.5. The topological polar surface area (TPSA) is 46.5 Å². The van der Waals surface area contributed by atoms with Crippen LogP contribution in [0.2, 0.25) is 0 Å². The Morgan fingerprint density at radius 3 is 2.47 bits per heavy atom. The Kier molecular flexibility index (Phi) is 7.40. The van der Waals surface area contributed by atoms with E-state index < -0.39 is 5.97 Å². The van der Waals surface area contributed by atoms with Gasteiger partial charge in [-0.2, -0.15) is 0 Å². The van der Waals surface area contributed by atoms with Crippen molar-refractivity contribution in [3.05, 3.63) is 42.2 Å². The molecule has 0 fully saturated rings. The van der Waals surface area contributed by atoms with E-state index in [2.05, 4.69) is 6.92 Å². The number of benzene rings is 1. The molecule has 104 valence electrons. The highest BCUT2D eigenvalue weighted by atomic mass is 16.5. The molecule has 1 aromatic rings. The Bertz CT molecular complexity index is 396. The number of hydrogen-bond acceptors (Lipinski definition) is 2. The Hall–Kier alpha value is -1.77. The maximum atomic E-state index is 11.1. The summed E-state index contributed by atoms with van der Waals surface area (Å²) in [6.07, 6.45) is 8.24. The molecule has 0 saturated heterocycles. The highest BCUT2D eigenvalue weighted by molar-refractivity contribution is 5.84. The lowest BCUT2D eigenvalue weighted by Crippen LogP contribution is -2.07. The number of para-hydroxylation sites is 1. The molecular weight excluding hydrogens is 240 g/mol. The van der Waals surface area contributed by atoms with Crippen molar-refractivity contribution in [2.24, 2.45) is 0 Å². The third-order valence-electron chi connectivity index (χ3n) is 2.82. The molecule has 19 heavy (non-hydrogen) atoms. The molecular formula is C16H22O3. The van der Waals surface area contributed by atoms with Gasteiger partial charge in [0.05, 0.1) is 0 Å². The third kappa shape index (κ3) is 6.65. The van der Waals surface area contributed by atoms with E-state index in [4.69, 9.17) is 9.84 Å². The summed E-state index contributed by atoms with van der Waals surface area (Å²) in [5.41, 5.74) is 0. The van der Waals surface area contributed by atoms with Gasteiger partial charge in [0.15, 0.2) is 0 Å². The molecule has 0 heterocycles. The van der Waals surface area contributed by atoms with Gasteiger partial charge in [0.2, 0.25) is 5.76 Å². The first-order chi connectivity index (χ1) is 9.24. The van der Waals surface area contributed by atoms with Crippen LogP contribution in [0.25, 0.3) is 0 Å². The van der Waals surface area contributed by atoms with Crippen molar-refractivity contribution in [1.29, 1.82) is 0 Å². The fraction of sp³-hybridized carbons (Fsp3) is 0.438. The zero-order valence-electron chi connectivity index (χ0n) is 11.5. The molecule has 0 spiro atoms. The van der Waals surface area contributed by atoms with Gasteiger partial charge in [-0.25, -0.2) is 4.79 Å². The van der Waals surface area contributed by atoms with E-state index in [0.717, 1.165) is 19.3 Å². The number of carboxylic acids is 1. The van der Waals surface area contributed by atoms with Gasteiger partial charge in [0.1, 0.15) is 5.75 Å². The van der Waals surface area contributed by atoms with Crippen molar-refractivity contribution in [3.8, 4) is 5.75 Å². The first-order valence-corrected chi connectivity index (χ1v) is 6.90. The first-order valence-electron chi connectivity index (χ1n) is 6.90. The van der Waals surface area contributed by atoms with Gasteiger partial charge in [-0.3, -0.25) is 0 Å². The van der Waals surface area contributed by atoms with Crippen molar-refractivity contribution in [2.75, 3.05) is 0 Å². The lowest BCUT2D eigenvalue weighted by Gasteiger charge is -2.06. The van der Waals surface area contributed by atoms with Crippen LogP contribution in [-0.2, 0) is 4.79 Å². The number of hydrogen-bond donors (Lipinski definition) is 1. The maximum absolute atomic E-state index is 11.1. The SMILES string of the molecule is CCCCCCC/C=C(\Oc1ccccc1)C(=O)O. The third-order valence-corrected chi connectivity index (χ3v) is 2.82. The standard InChI is InChI=1S/C16H22O3/c1-2-3-4-5-6-10-13-15(16(17)18)19-14-11-8-7-9-12-14/h7-9,11-13H,2-6,10H2,1H3,(H,17,18)/b15-13-. The van der Waals surface area contributed by atoms with Gasteiger partial charge in [-0.15, -0.1) is 0 Å². The largest absolute Gasteiger partial charge is 0.475 e. The minimum Gasteiger partial charge on any atom is -0.475 e. The minimum absolute atomic E-state index is 0.0155. The molecule has 1 aromatic carbocycles. The van der Waals surface area contributed by atoms with Gasteiger partial charge < -0.3 is 9.84 Å². The summed E-state index contributed by atoms with van der Waals surface area (Å²) in [4.78, 5) is 11.1. The molecule has 0 bridgehead atoms. The van der Waals surface area contributed by atoms with Crippen LogP contribution in [0.3, 0.4) is 0 Å². The average molecular weight is 262 g/mol. The first kappa shape index (κ1) is 15.3. The van der Waals surface area contributed by atoms with Gasteiger partial charge in [0, 0.05) is 0 Å². The number of carboxylic acid groups (broad SMARTS) is 1. The number of aliphatic carboxylic acids is 1. The van der Waals surface area contributed by atoms with Crippen molar-refractivity contribution in [3.63, 3.8) is 0 Å². The molecule has 0 aromatic heterocycles. The lowest BCUT2D eigenvalue weighted by atomic mass is 10.1. The number of unbranched alkanes of at least 4 members (excludes halogenated alkanes) is 5. The molecule has 0 radical (unpaired) electrons. The second kappa shape index (κ2) is 9.20. The van der Waals surface area contributed by atoms with E-state index in [0.29, 0.717) is 5.75 Å². The summed E-state index contributed by atoms with van der Waals surface area (Å²) in [6.45, 7) is 2.18. The van der Waals surface area contributed by atoms with Crippen molar-refractivity contribution >= 4 is 5.97 Å². The van der Waals surface area contributed by atoms with E-state index >= 15 is 0 Å². The highest BCUT2D eigenvalue weighted by Crippen LogP contribution is 2.14. The highest BCUT2D eigenvalue weighted by Gasteiger charge is 2.09. The second-order valence-corrected chi connectivity index (χ2v) is 4.49. The fourth-order valence-electron chi connectivity index (χ4n) is 1.77. The quantitative estimate of drug-likeness (QED) is 0.408. The molecule has 1 rings (SSSR count). The minimum atomic E-state index is -1.02. The number of allylic oxidation sites excluding steroid dienone is 1. The van der Waals surface area contributed by atoms with Crippen LogP contribution in [0, 0.1) is 0 Å². The van der Waals surface area contributed by atoms with E-state index in [9.17, 15) is 4.79 Å². The van der Waals surface area contributed by atoms with E-state index in [1.807, 2.05) is 18.2 Å². The molecule has 0 saturated carbocycles. The second-order valence-electron chi connectivity index (χ2n) is 4.49. The summed E-state index contributed by atoms with van der Waals surface area (Å²) >= 11 is 0. The van der Waals surface area contributed by atoms with Crippen LogP contribution in [0.15, 0.2) is 42.2 Å². The molecule has 0 amide bonds. The summed E-state index contributed by atoms with van der Waals surface area (Å²) in [6, 6.07) is 9.00. The Morgan fingerprint density at radius 2 is 1.84 bits per heavy atom. The monoisotopic (exact) mass is 262 g/mol. The predicted octanol–water partition coefficient (Wildman–Crippen LogP) is 4.39. The van der Waals surface area contributed by atoms with Crippen molar-refractivity contribution in [1.82, 2.24) is 0 Å². The van der Waals surface area contributed by atoms with Crippen molar-refractivity contribution in [2.45, 2.75) is 45.4 Å². The van der Waals surface area contributed by atoms with Gasteiger partial charge in [0.25, 0.3) is 0 Å². The van der Waals surface area contributed by atoms with Crippen LogP contribution in [0.4, 0.5) is 0 Å². The summed E-state index contributed by atoms with van der Waals surface area (Å²) in [5, 5.41) is 9.08. The fourth-order valence-corrected chi connectivity index (χ4v) is 1.77. The predicted molar refractivity (Wildman–Crippen MR) is 76.2 cm³/mol. The smallest absolute Gasteiger partial charge is 0.371 e. The summed E-state index contributed by atoms with van der Waals surface area (Å²) < 4.78 is 5.37. The number of rotatable bonds is 9. The summed E-state index contributed by atoms with van der Waals surface area (Å²) in [7, 11) is 0. The van der Waals surface area contributed by atoms with Crippen molar-refractivity contribution < 1.29 is 14.6 Å². The lowest BCUT2D eigenvalue weighted by molar-refractivity contribution is -0.135. The molecule has 0 aliphatic carbocycles.